The Kier molecular flexibility index (Phi) is 10.4. The first kappa shape index (κ1) is 32.1. The number of carbonyl (C=O) groups is 4. The third-order valence-electron chi connectivity index (χ3n) is 6.94. The zero-order valence-corrected chi connectivity index (χ0v) is 24.6. The normalized spacial score (nSPS) is 10.9. The van der Waals surface area contributed by atoms with Crippen LogP contribution in [0.4, 0.5) is 17.1 Å². The van der Waals surface area contributed by atoms with E-state index in [2.05, 4.69) is 0 Å². The number of anilines is 3. The minimum Gasteiger partial charge on any atom is -0.461 e. The molecule has 0 heterocycles. The van der Waals surface area contributed by atoms with Gasteiger partial charge in [0.1, 0.15) is 31.8 Å². The van der Waals surface area contributed by atoms with Crippen LogP contribution in [-0.2, 0) is 18.9 Å². The summed E-state index contributed by atoms with van der Waals surface area (Å²) in [6.45, 7) is -0.246. The van der Waals surface area contributed by atoms with Crippen molar-refractivity contribution in [3.8, 4) is 0 Å². The summed E-state index contributed by atoms with van der Waals surface area (Å²) < 4.78 is 22.5. The maximum atomic E-state index is 13.1. The molecule has 0 aromatic heterocycles. The molecule has 45 heavy (non-hydrogen) atoms. The second kappa shape index (κ2) is 14.6. The smallest absolute Gasteiger partial charge is 0.340 e. The lowest BCUT2D eigenvalue weighted by atomic mass is 9.91. The second-order valence-electron chi connectivity index (χ2n) is 10.4. The van der Waals surface area contributed by atoms with E-state index in [1.54, 1.807) is 67.6 Å². The van der Waals surface area contributed by atoms with Gasteiger partial charge in [0.25, 0.3) is 0 Å². The molecule has 0 aliphatic heterocycles. The minimum atomic E-state index is -1.57. The molecule has 0 bridgehead atoms. The summed E-state index contributed by atoms with van der Waals surface area (Å²) in [6, 6.07) is 25.6. The zero-order chi connectivity index (χ0) is 32.4. The highest BCUT2D eigenvalue weighted by molar-refractivity contribution is 5.96. The largest absolute Gasteiger partial charge is 0.461 e. The lowest BCUT2D eigenvalue weighted by Gasteiger charge is -2.32. The molecule has 0 amide bonds. The standard InChI is InChI=1S/C34H33N3O8/c1-22-10-2-3-11-23(22)30(38)42-18-34(19-43-31(39)24-12-4-7-15-27(24)35,20-44-32(40)25-13-5-8-16-28(25)36)21-45-33(41)26-14-6-9-17-29(26)37/h2-17H,18-21,35-37H2,1H3. The van der Waals surface area contributed by atoms with E-state index in [1.807, 2.05) is 0 Å². The van der Waals surface area contributed by atoms with Crippen molar-refractivity contribution in [3.63, 3.8) is 0 Å². The van der Waals surface area contributed by atoms with Crippen LogP contribution in [0, 0.1) is 12.3 Å². The van der Waals surface area contributed by atoms with Crippen molar-refractivity contribution < 1.29 is 38.1 Å². The van der Waals surface area contributed by atoms with E-state index in [1.165, 1.54) is 36.4 Å². The highest BCUT2D eigenvalue weighted by Gasteiger charge is 2.39. The van der Waals surface area contributed by atoms with Crippen LogP contribution in [-0.4, -0.2) is 50.3 Å². The van der Waals surface area contributed by atoms with Crippen LogP contribution >= 0.6 is 0 Å². The molecular weight excluding hydrogens is 578 g/mol. The molecule has 232 valence electrons. The summed E-state index contributed by atoms with van der Waals surface area (Å²) in [6.07, 6.45) is 0. The fourth-order valence-electron chi connectivity index (χ4n) is 4.29. The van der Waals surface area contributed by atoms with Gasteiger partial charge in [-0.15, -0.1) is 0 Å². The van der Waals surface area contributed by atoms with Crippen molar-refractivity contribution in [2.45, 2.75) is 6.92 Å². The fourth-order valence-corrected chi connectivity index (χ4v) is 4.29. The molecule has 0 atom stereocenters. The van der Waals surface area contributed by atoms with E-state index in [-0.39, 0.29) is 33.8 Å². The molecule has 4 rings (SSSR count). The number of nitrogens with two attached hydrogens (primary N) is 3. The van der Waals surface area contributed by atoms with E-state index in [9.17, 15) is 19.2 Å². The number of esters is 4. The number of carbonyl (C=O) groups excluding carboxylic acids is 4. The number of benzene rings is 4. The molecule has 4 aromatic rings. The quantitative estimate of drug-likeness (QED) is 0.117. The fraction of sp³-hybridized carbons (Fsp3) is 0.176. The van der Waals surface area contributed by atoms with Crippen molar-refractivity contribution in [1.29, 1.82) is 0 Å². The van der Waals surface area contributed by atoms with Crippen LogP contribution in [0.3, 0.4) is 0 Å². The SMILES string of the molecule is Cc1ccccc1C(=O)OCC(COC(=O)c1ccccc1N)(COC(=O)c1ccccc1N)COC(=O)c1ccccc1N. The van der Waals surface area contributed by atoms with Gasteiger partial charge in [-0.25, -0.2) is 19.2 Å². The van der Waals surface area contributed by atoms with Gasteiger partial charge >= 0.3 is 23.9 Å². The molecule has 11 nitrogen and oxygen atoms in total. The maximum Gasteiger partial charge on any atom is 0.340 e. The number of ether oxygens (including phenoxy) is 4. The molecule has 0 fully saturated rings. The van der Waals surface area contributed by atoms with Crippen molar-refractivity contribution in [2.75, 3.05) is 43.6 Å². The Balaban J connectivity index is 1.65. The summed E-state index contributed by atoms with van der Waals surface area (Å²) >= 11 is 0. The van der Waals surface area contributed by atoms with Crippen LogP contribution in [0.1, 0.15) is 47.0 Å². The first-order chi connectivity index (χ1) is 21.6. The number of rotatable bonds is 12. The Bertz CT molecular complexity index is 1450. The van der Waals surface area contributed by atoms with Gasteiger partial charge in [-0.2, -0.15) is 0 Å². The Hall–Kier alpha value is -5.84. The number of aryl methyl sites for hydroxylation is 1. The van der Waals surface area contributed by atoms with Crippen LogP contribution in [0.5, 0.6) is 0 Å². The van der Waals surface area contributed by atoms with Gasteiger partial charge in [0, 0.05) is 17.1 Å². The molecule has 0 spiro atoms. The molecule has 11 heteroatoms. The van der Waals surface area contributed by atoms with Crippen LogP contribution in [0.25, 0.3) is 0 Å². The second-order valence-corrected chi connectivity index (χ2v) is 10.4. The molecular formula is C34H33N3O8. The van der Waals surface area contributed by atoms with Gasteiger partial charge in [0.2, 0.25) is 0 Å². The van der Waals surface area contributed by atoms with Crippen LogP contribution in [0.2, 0.25) is 0 Å². The molecule has 4 aromatic carbocycles. The minimum absolute atomic E-state index is 0.0893. The number of nitrogen functional groups attached to an aromatic ring is 3. The molecule has 0 saturated heterocycles. The Morgan fingerprint density at radius 1 is 0.467 bits per heavy atom. The number of hydrogen-bond acceptors (Lipinski definition) is 11. The van der Waals surface area contributed by atoms with Crippen molar-refractivity contribution in [3.05, 3.63) is 125 Å². The number of hydrogen-bond donors (Lipinski definition) is 3. The average molecular weight is 612 g/mol. The van der Waals surface area contributed by atoms with Gasteiger partial charge in [-0.05, 0) is 55.0 Å². The molecule has 6 N–H and O–H groups in total. The topological polar surface area (TPSA) is 183 Å². The van der Waals surface area contributed by atoms with Crippen LogP contribution in [0.15, 0.2) is 97.1 Å². The van der Waals surface area contributed by atoms with E-state index in [0.29, 0.717) is 11.1 Å². The summed E-state index contributed by atoms with van der Waals surface area (Å²) in [4.78, 5) is 52.3. The third kappa shape index (κ3) is 8.17. The summed E-state index contributed by atoms with van der Waals surface area (Å²) in [5.74, 6) is -3.06. The predicted molar refractivity (Wildman–Crippen MR) is 167 cm³/mol. The Morgan fingerprint density at radius 2 is 0.733 bits per heavy atom. The zero-order valence-electron chi connectivity index (χ0n) is 24.6. The molecule has 0 unspecified atom stereocenters. The van der Waals surface area contributed by atoms with E-state index in [4.69, 9.17) is 36.1 Å². The third-order valence-corrected chi connectivity index (χ3v) is 6.94. The Morgan fingerprint density at radius 3 is 1.04 bits per heavy atom. The van der Waals surface area contributed by atoms with Gasteiger partial charge in [-0.3, -0.25) is 0 Å². The molecule has 0 aliphatic carbocycles. The lowest BCUT2D eigenvalue weighted by molar-refractivity contribution is -0.0641. The summed E-state index contributed by atoms with van der Waals surface area (Å²) in [5.41, 5.74) is 18.1. The van der Waals surface area contributed by atoms with E-state index in [0.717, 1.165) is 0 Å². The monoisotopic (exact) mass is 611 g/mol. The molecule has 0 aliphatic rings. The van der Waals surface area contributed by atoms with Gasteiger partial charge in [-0.1, -0.05) is 54.6 Å². The van der Waals surface area contributed by atoms with Gasteiger partial charge in [0.15, 0.2) is 0 Å². The van der Waals surface area contributed by atoms with Gasteiger partial charge in [0.05, 0.1) is 22.3 Å². The predicted octanol–water partition coefficient (Wildman–Crippen LogP) is 4.46. The van der Waals surface area contributed by atoms with E-state index >= 15 is 0 Å². The first-order valence-corrected chi connectivity index (χ1v) is 13.9. The molecule has 0 saturated carbocycles. The first-order valence-electron chi connectivity index (χ1n) is 13.9. The van der Waals surface area contributed by atoms with E-state index < -0.39 is 55.7 Å². The maximum absolute atomic E-state index is 13.1. The summed E-state index contributed by atoms with van der Waals surface area (Å²) in [5, 5.41) is 0. The van der Waals surface area contributed by atoms with Gasteiger partial charge < -0.3 is 36.1 Å². The van der Waals surface area contributed by atoms with Crippen molar-refractivity contribution in [1.82, 2.24) is 0 Å². The highest BCUT2D eigenvalue weighted by Crippen LogP contribution is 2.26. The molecule has 0 radical (unpaired) electrons. The Labute approximate surface area is 259 Å². The number of para-hydroxylation sites is 3. The highest BCUT2D eigenvalue weighted by atomic mass is 16.6. The average Bonchev–Trinajstić information content (AvgIpc) is 3.04. The van der Waals surface area contributed by atoms with Crippen molar-refractivity contribution in [2.24, 2.45) is 5.41 Å². The van der Waals surface area contributed by atoms with Crippen molar-refractivity contribution >= 4 is 40.9 Å². The summed E-state index contributed by atoms with van der Waals surface area (Å²) in [7, 11) is 0. The lowest BCUT2D eigenvalue weighted by Crippen LogP contribution is -2.44. The van der Waals surface area contributed by atoms with Crippen LogP contribution < -0.4 is 17.2 Å².